The predicted octanol–water partition coefficient (Wildman–Crippen LogP) is 3.61. The SMILES string of the molecule is Cc1nc(Nc2ccccc2OC(C)C)sc1CC(=O)O. The fourth-order valence-electron chi connectivity index (χ4n) is 1.82. The summed E-state index contributed by atoms with van der Waals surface area (Å²) in [5.74, 6) is -0.100. The Hall–Kier alpha value is -2.08. The van der Waals surface area contributed by atoms with Crippen molar-refractivity contribution < 1.29 is 14.6 Å². The molecule has 0 bridgehead atoms. The largest absolute Gasteiger partial charge is 0.489 e. The second kappa shape index (κ2) is 6.58. The molecule has 0 fully saturated rings. The van der Waals surface area contributed by atoms with E-state index >= 15 is 0 Å². The number of para-hydroxylation sites is 2. The molecule has 0 amide bonds. The minimum Gasteiger partial charge on any atom is -0.489 e. The predicted molar refractivity (Wildman–Crippen MR) is 83.7 cm³/mol. The van der Waals surface area contributed by atoms with Gasteiger partial charge in [-0.3, -0.25) is 4.79 Å². The number of carbonyl (C=O) groups is 1. The molecule has 0 atom stereocenters. The molecule has 112 valence electrons. The average Bonchev–Trinajstić information content (AvgIpc) is 2.71. The van der Waals surface area contributed by atoms with Crippen LogP contribution in [0.4, 0.5) is 10.8 Å². The van der Waals surface area contributed by atoms with Crippen molar-refractivity contribution in [1.29, 1.82) is 0 Å². The topological polar surface area (TPSA) is 71.5 Å². The van der Waals surface area contributed by atoms with E-state index in [0.717, 1.165) is 22.0 Å². The molecule has 6 heteroatoms. The molecule has 0 aliphatic heterocycles. The summed E-state index contributed by atoms with van der Waals surface area (Å²) in [4.78, 5) is 15.9. The molecule has 0 spiro atoms. The Bertz CT molecular complexity index is 638. The first-order valence-electron chi connectivity index (χ1n) is 6.66. The molecule has 0 aliphatic rings. The summed E-state index contributed by atoms with van der Waals surface area (Å²) in [6.07, 6.45) is 0.0727. The lowest BCUT2D eigenvalue weighted by molar-refractivity contribution is -0.136. The summed E-state index contributed by atoms with van der Waals surface area (Å²) in [6, 6.07) is 7.62. The number of rotatable bonds is 6. The second-order valence-electron chi connectivity index (χ2n) is 4.89. The fourth-order valence-corrected chi connectivity index (χ4v) is 2.79. The van der Waals surface area contributed by atoms with Gasteiger partial charge in [-0.15, -0.1) is 11.3 Å². The molecule has 1 aromatic heterocycles. The van der Waals surface area contributed by atoms with E-state index in [1.165, 1.54) is 11.3 Å². The number of carboxylic acid groups (broad SMARTS) is 1. The number of benzene rings is 1. The van der Waals surface area contributed by atoms with Gasteiger partial charge in [-0.1, -0.05) is 12.1 Å². The van der Waals surface area contributed by atoms with Crippen molar-refractivity contribution in [2.24, 2.45) is 0 Å². The monoisotopic (exact) mass is 306 g/mol. The normalized spacial score (nSPS) is 10.7. The van der Waals surface area contributed by atoms with Crippen LogP contribution in [0.25, 0.3) is 0 Å². The molecule has 2 aromatic rings. The molecule has 2 rings (SSSR count). The summed E-state index contributed by atoms with van der Waals surface area (Å²) in [7, 11) is 0. The standard InChI is InChI=1S/C15H18N2O3S/c1-9(2)20-12-7-5-4-6-11(12)17-15-16-10(3)13(21-15)8-14(18)19/h4-7,9H,8H2,1-3H3,(H,16,17)(H,18,19). The summed E-state index contributed by atoms with van der Waals surface area (Å²) < 4.78 is 5.74. The van der Waals surface area contributed by atoms with Crippen LogP contribution in [0.15, 0.2) is 24.3 Å². The highest BCUT2D eigenvalue weighted by molar-refractivity contribution is 7.15. The van der Waals surface area contributed by atoms with Gasteiger partial charge in [-0.2, -0.15) is 0 Å². The van der Waals surface area contributed by atoms with Crippen LogP contribution in [0.3, 0.4) is 0 Å². The quantitative estimate of drug-likeness (QED) is 0.853. The Balaban J connectivity index is 2.20. The highest BCUT2D eigenvalue weighted by Crippen LogP contribution is 2.31. The Kier molecular flexibility index (Phi) is 4.80. The van der Waals surface area contributed by atoms with Crippen molar-refractivity contribution >= 4 is 28.1 Å². The molecule has 0 radical (unpaired) electrons. The van der Waals surface area contributed by atoms with Gasteiger partial charge >= 0.3 is 5.97 Å². The zero-order chi connectivity index (χ0) is 15.4. The third-order valence-corrected chi connectivity index (χ3v) is 3.77. The molecule has 21 heavy (non-hydrogen) atoms. The van der Waals surface area contributed by atoms with Crippen LogP contribution in [-0.4, -0.2) is 22.2 Å². The van der Waals surface area contributed by atoms with Gasteiger partial charge in [0.1, 0.15) is 5.75 Å². The van der Waals surface area contributed by atoms with Crippen LogP contribution >= 0.6 is 11.3 Å². The Morgan fingerprint density at radius 3 is 2.81 bits per heavy atom. The first-order chi connectivity index (χ1) is 9.95. The average molecular weight is 306 g/mol. The number of anilines is 2. The number of aryl methyl sites for hydroxylation is 1. The third-order valence-electron chi connectivity index (χ3n) is 2.70. The zero-order valence-corrected chi connectivity index (χ0v) is 13.0. The van der Waals surface area contributed by atoms with Crippen LogP contribution in [0.5, 0.6) is 5.75 Å². The van der Waals surface area contributed by atoms with E-state index in [1.54, 1.807) is 0 Å². The summed E-state index contributed by atoms with van der Waals surface area (Å²) >= 11 is 1.35. The Morgan fingerprint density at radius 2 is 2.14 bits per heavy atom. The number of hydrogen-bond donors (Lipinski definition) is 2. The molecule has 0 saturated heterocycles. The highest BCUT2D eigenvalue weighted by atomic mass is 32.1. The van der Waals surface area contributed by atoms with E-state index < -0.39 is 5.97 Å². The van der Waals surface area contributed by atoms with Crippen molar-refractivity contribution in [3.05, 3.63) is 34.8 Å². The van der Waals surface area contributed by atoms with Crippen LogP contribution < -0.4 is 10.1 Å². The number of thiazole rings is 1. The number of hydrogen-bond acceptors (Lipinski definition) is 5. The molecule has 0 aliphatic carbocycles. The maximum absolute atomic E-state index is 10.8. The van der Waals surface area contributed by atoms with E-state index in [9.17, 15) is 4.79 Å². The molecule has 1 aromatic carbocycles. The smallest absolute Gasteiger partial charge is 0.308 e. The maximum Gasteiger partial charge on any atom is 0.308 e. The number of carboxylic acids is 1. The molecule has 5 nitrogen and oxygen atoms in total. The van der Waals surface area contributed by atoms with Gasteiger partial charge in [-0.25, -0.2) is 4.98 Å². The van der Waals surface area contributed by atoms with Crippen LogP contribution in [-0.2, 0) is 11.2 Å². The molecular formula is C15H18N2O3S. The lowest BCUT2D eigenvalue weighted by Crippen LogP contribution is -2.07. The number of aliphatic carboxylic acids is 1. The van der Waals surface area contributed by atoms with Gasteiger partial charge in [0.25, 0.3) is 0 Å². The minimum absolute atomic E-state index is 0.00464. The minimum atomic E-state index is -0.850. The molecule has 1 heterocycles. The Morgan fingerprint density at radius 1 is 1.43 bits per heavy atom. The van der Waals surface area contributed by atoms with Gasteiger partial charge in [0.15, 0.2) is 5.13 Å². The van der Waals surface area contributed by atoms with Gasteiger partial charge in [0.2, 0.25) is 0 Å². The molecule has 0 unspecified atom stereocenters. The first kappa shape index (κ1) is 15.3. The number of aromatic nitrogens is 1. The number of nitrogens with zero attached hydrogens (tertiary/aromatic N) is 1. The maximum atomic E-state index is 10.8. The fraction of sp³-hybridized carbons (Fsp3) is 0.333. The Labute approximate surface area is 127 Å². The molecule has 2 N–H and O–H groups in total. The lowest BCUT2D eigenvalue weighted by Gasteiger charge is -2.14. The zero-order valence-electron chi connectivity index (χ0n) is 12.2. The van der Waals surface area contributed by atoms with E-state index in [-0.39, 0.29) is 12.5 Å². The van der Waals surface area contributed by atoms with Crippen molar-refractivity contribution in [2.75, 3.05) is 5.32 Å². The summed E-state index contributed by atoms with van der Waals surface area (Å²) in [5, 5.41) is 12.7. The van der Waals surface area contributed by atoms with Crippen LogP contribution in [0.2, 0.25) is 0 Å². The van der Waals surface area contributed by atoms with E-state index in [0.29, 0.717) is 5.13 Å². The van der Waals surface area contributed by atoms with Gasteiger partial charge in [0, 0.05) is 4.88 Å². The van der Waals surface area contributed by atoms with Gasteiger partial charge < -0.3 is 15.2 Å². The van der Waals surface area contributed by atoms with Crippen molar-refractivity contribution in [3.8, 4) is 5.75 Å². The van der Waals surface area contributed by atoms with E-state index in [4.69, 9.17) is 9.84 Å². The van der Waals surface area contributed by atoms with Crippen LogP contribution in [0, 0.1) is 6.92 Å². The van der Waals surface area contributed by atoms with Crippen LogP contribution in [0.1, 0.15) is 24.4 Å². The highest BCUT2D eigenvalue weighted by Gasteiger charge is 2.12. The van der Waals surface area contributed by atoms with E-state index in [1.807, 2.05) is 45.0 Å². The van der Waals surface area contributed by atoms with Crippen molar-refractivity contribution in [2.45, 2.75) is 33.3 Å². The van der Waals surface area contributed by atoms with E-state index in [2.05, 4.69) is 10.3 Å². The number of ether oxygens (including phenoxy) is 1. The van der Waals surface area contributed by atoms with Gasteiger partial charge in [-0.05, 0) is 32.9 Å². The third kappa shape index (κ3) is 4.19. The number of nitrogens with one attached hydrogen (secondary N) is 1. The van der Waals surface area contributed by atoms with Crippen molar-refractivity contribution in [1.82, 2.24) is 4.98 Å². The molecule has 0 saturated carbocycles. The summed E-state index contributed by atoms with van der Waals surface area (Å²) in [6.45, 7) is 5.75. The molecular weight excluding hydrogens is 288 g/mol. The second-order valence-corrected chi connectivity index (χ2v) is 5.97. The van der Waals surface area contributed by atoms with Crippen molar-refractivity contribution in [3.63, 3.8) is 0 Å². The summed E-state index contributed by atoms with van der Waals surface area (Å²) in [5.41, 5.74) is 1.56. The van der Waals surface area contributed by atoms with Gasteiger partial charge in [0.05, 0.1) is 23.9 Å². The first-order valence-corrected chi connectivity index (χ1v) is 7.48. The lowest BCUT2D eigenvalue weighted by atomic mass is 10.3.